The zero-order valence-corrected chi connectivity index (χ0v) is 14.6. The third-order valence-corrected chi connectivity index (χ3v) is 4.95. The number of benzene rings is 1. The molecule has 1 heterocycles. The first kappa shape index (κ1) is 16.8. The minimum absolute atomic E-state index is 0.0366. The van der Waals surface area contributed by atoms with Crippen molar-refractivity contribution in [2.24, 2.45) is 0 Å². The molecule has 2 atom stereocenters. The van der Waals surface area contributed by atoms with Gasteiger partial charge in [0.25, 0.3) is 0 Å². The quantitative estimate of drug-likeness (QED) is 0.816. The number of hydrogen-bond donors (Lipinski definition) is 1. The largest absolute Gasteiger partial charge is 0.497 e. The van der Waals surface area contributed by atoms with E-state index >= 15 is 0 Å². The minimum Gasteiger partial charge on any atom is -0.497 e. The Bertz CT molecular complexity index is 600. The maximum absolute atomic E-state index is 12.4. The number of likely N-dealkylation sites (N-methyl/N-ethyl adjacent to an activating group) is 1. The van der Waals surface area contributed by atoms with E-state index in [-0.39, 0.29) is 18.1 Å². The van der Waals surface area contributed by atoms with E-state index in [0.717, 1.165) is 18.7 Å². The molecule has 1 aliphatic carbocycles. The molecule has 2 aliphatic rings. The van der Waals surface area contributed by atoms with E-state index in [9.17, 15) is 4.79 Å². The predicted octanol–water partition coefficient (Wildman–Crippen LogP) is 2.80. The zero-order chi connectivity index (χ0) is 17.1. The number of hydrogen-bond acceptors (Lipinski definition) is 3. The van der Waals surface area contributed by atoms with E-state index in [0.29, 0.717) is 12.6 Å². The van der Waals surface area contributed by atoms with Crippen LogP contribution in [0.2, 0.25) is 0 Å². The fraction of sp³-hybridized carbons (Fsp3) is 0.526. The highest BCUT2D eigenvalue weighted by molar-refractivity contribution is 5.74. The second-order valence-electron chi connectivity index (χ2n) is 6.70. The van der Waals surface area contributed by atoms with Crippen LogP contribution < -0.4 is 10.1 Å². The second kappa shape index (κ2) is 7.26. The van der Waals surface area contributed by atoms with Crippen LogP contribution in [0.15, 0.2) is 36.9 Å². The molecule has 2 fully saturated rings. The molecule has 1 saturated carbocycles. The van der Waals surface area contributed by atoms with Crippen LogP contribution >= 0.6 is 0 Å². The number of nitrogens with one attached hydrogen (secondary N) is 1. The lowest BCUT2D eigenvalue weighted by atomic mass is 9.99. The first-order valence-electron chi connectivity index (χ1n) is 8.66. The number of carbonyl (C=O) groups is 1. The number of carbonyl (C=O) groups excluding carboxylic acids is 1. The van der Waals surface area contributed by atoms with E-state index in [1.807, 2.05) is 12.1 Å². The van der Waals surface area contributed by atoms with Gasteiger partial charge in [0, 0.05) is 26.2 Å². The molecular weight excluding hydrogens is 302 g/mol. The highest BCUT2D eigenvalue weighted by Gasteiger charge is 2.43. The van der Waals surface area contributed by atoms with E-state index in [1.165, 1.54) is 18.4 Å². The van der Waals surface area contributed by atoms with Crippen molar-refractivity contribution < 1.29 is 9.53 Å². The van der Waals surface area contributed by atoms with Crippen molar-refractivity contribution in [2.45, 2.75) is 37.4 Å². The third-order valence-electron chi connectivity index (χ3n) is 4.95. The van der Waals surface area contributed by atoms with E-state index < -0.39 is 0 Å². The first-order valence-corrected chi connectivity index (χ1v) is 8.66. The van der Waals surface area contributed by atoms with Crippen LogP contribution in [0.4, 0.5) is 4.79 Å². The second-order valence-corrected chi connectivity index (χ2v) is 6.70. The molecule has 5 heteroatoms. The number of ether oxygens (including phenoxy) is 1. The Morgan fingerprint density at radius 3 is 2.92 bits per heavy atom. The summed E-state index contributed by atoms with van der Waals surface area (Å²) in [5, 5.41) is 3.22. The number of methoxy groups -OCH3 is 1. The molecule has 1 aromatic rings. The minimum atomic E-state index is -0.0366. The zero-order valence-electron chi connectivity index (χ0n) is 14.6. The van der Waals surface area contributed by atoms with Crippen LogP contribution in [0.25, 0.3) is 0 Å². The van der Waals surface area contributed by atoms with Crippen LogP contribution in [0.5, 0.6) is 5.75 Å². The summed E-state index contributed by atoms with van der Waals surface area (Å²) in [5.41, 5.74) is 1.22. The Hall–Kier alpha value is -2.01. The summed E-state index contributed by atoms with van der Waals surface area (Å²) in [4.78, 5) is 16.6. The molecule has 1 saturated heterocycles. The molecule has 2 amide bonds. The van der Waals surface area contributed by atoms with Crippen LogP contribution in [0, 0.1) is 0 Å². The Labute approximate surface area is 144 Å². The SMILES string of the molecule is C=CCN(C)C(=O)N[C@@H]1CCN(C2CC2)[C@H]1c1cccc(OC)c1. The molecule has 0 radical (unpaired) electrons. The lowest BCUT2D eigenvalue weighted by molar-refractivity contribution is 0.195. The van der Waals surface area contributed by atoms with Gasteiger partial charge in [-0.2, -0.15) is 0 Å². The van der Waals surface area contributed by atoms with Gasteiger partial charge in [0.15, 0.2) is 0 Å². The molecule has 130 valence electrons. The van der Waals surface area contributed by atoms with Crippen molar-refractivity contribution in [1.29, 1.82) is 0 Å². The molecule has 24 heavy (non-hydrogen) atoms. The smallest absolute Gasteiger partial charge is 0.317 e. The van der Waals surface area contributed by atoms with Gasteiger partial charge in [-0.25, -0.2) is 4.79 Å². The molecule has 5 nitrogen and oxygen atoms in total. The predicted molar refractivity (Wildman–Crippen MR) is 95.2 cm³/mol. The topological polar surface area (TPSA) is 44.8 Å². The third kappa shape index (κ3) is 3.56. The van der Waals surface area contributed by atoms with Gasteiger partial charge in [0.05, 0.1) is 19.2 Å². The molecule has 3 rings (SSSR count). The highest BCUT2D eigenvalue weighted by atomic mass is 16.5. The summed E-state index contributed by atoms with van der Waals surface area (Å²) in [6.07, 6.45) is 5.24. The number of nitrogens with zero attached hydrogens (tertiary/aromatic N) is 2. The van der Waals surface area contributed by atoms with E-state index in [2.05, 4.69) is 28.9 Å². The maximum Gasteiger partial charge on any atom is 0.317 e. The Balaban J connectivity index is 1.79. The molecule has 0 unspecified atom stereocenters. The van der Waals surface area contributed by atoms with Gasteiger partial charge in [0.1, 0.15) is 5.75 Å². The number of amides is 2. The van der Waals surface area contributed by atoms with Crippen molar-refractivity contribution in [2.75, 3.05) is 27.2 Å². The number of rotatable bonds is 6. The van der Waals surface area contributed by atoms with Crippen LogP contribution in [-0.4, -0.2) is 55.2 Å². The summed E-state index contributed by atoms with van der Waals surface area (Å²) >= 11 is 0. The average Bonchev–Trinajstić information content (AvgIpc) is 3.36. The van der Waals surface area contributed by atoms with Gasteiger partial charge in [-0.1, -0.05) is 18.2 Å². The Kier molecular flexibility index (Phi) is 5.09. The molecule has 1 N–H and O–H groups in total. The average molecular weight is 329 g/mol. The van der Waals surface area contributed by atoms with Crippen molar-refractivity contribution in [3.05, 3.63) is 42.5 Å². The van der Waals surface area contributed by atoms with E-state index in [1.54, 1.807) is 25.1 Å². The van der Waals surface area contributed by atoms with Crippen molar-refractivity contribution in [3.63, 3.8) is 0 Å². The van der Waals surface area contributed by atoms with Gasteiger partial charge >= 0.3 is 6.03 Å². The molecular formula is C19H27N3O2. The lowest BCUT2D eigenvalue weighted by Gasteiger charge is -2.30. The van der Waals surface area contributed by atoms with Gasteiger partial charge in [-0.05, 0) is 37.0 Å². The highest BCUT2D eigenvalue weighted by Crippen LogP contribution is 2.41. The standard InChI is InChI=1S/C19H27N3O2/c1-4-11-21(2)19(23)20-17-10-12-22(15-8-9-15)18(17)14-6-5-7-16(13-14)24-3/h4-7,13,15,17-18H,1,8-12H2,2-3H3,(H,20,23)/t17-,18+/m1/s1. The normalized spacial score (nSPS) is 23.8. The molecule has 0 aromatic heterocycles. The van der Waals surface area contributed by atoms with Crippen LogP contribution in [0.3, 0.4) is 0 Å². The number of likely N-dealkylation sites (tertiary alicyclic amines) is 1. The molecule has 0 spiro atoms. The Morgan fingerprint density at radius 1 is 1.46 bits per heavy atom. The Morgan fingerprint density at radius 2 is 2.25 bits per heavy atom. The van der Waals surface area contributed by atoms with Gasteiger partial charge in [-0.15, -0.1) is 6.58 Å². The van der Waals surface area contributed by atoms with Crippen molar-refractivity contribution >= 4 is 6.03 Å². The summed E-state index contributed by atoms with van der Waals surface area (Å²) in [5.74, 6) is 0.865. The molecule has 0 bridgehead atoms. The lowest BCUT2D eigenvalue weighted by Crippen LogP contribution is -2.45. The molecule has 1 aliphatic heterocycles. The summed E-state index contributed by atoms with van der Waals surface area (Å²) in [6, 6.07) is 9.19. The maximum atomic E-state index is 12.4. The van der Waals surface area contributed by atoms with Gasteiger partial charge in [-0.3, -0.25) is 4.90 Å². The first-order chi connectivity index (χ1) is 11.6. The summed E-state index contributed by atoms with van der Waals surface area (Å²) < 4.78 is 5.39. The van der Waals surface area contributed by atoms with Crippen molar-refractivity contribution in [3.8, 4) is 5.75 Å². The fourth-order valence-corrected chi connectivity index (χ4v) is 3.58. The fourth-order valence-electron chi connectivity index (χ4n) is 3.58. The van der Waals surface area contributed by atoms with Crippen LogP contribution in [0.1, 0.15) is 30.9 Å². The van der Waals surface area contributed by atoms with Gasteiger partial charge in [0.2, 0.25) is 0 Å². The molecule has 1 aromatic carbocycles. The number of urea groups is 1. The summed E-state index contributed by atoms with van der Waals surface area (Å²) in [7, 11) is 3.49. The monoisotopic (exact) mass is 329 g/mol. The van der Waals surface area contributed by atoms with Crippen molar-refractivity contribution in [1.82, 2.24) is 15.1 Å². The van der Waals surface area contributed by atoms with Crippen LogP contribution in [-0.2, 0) is 0 Å². The van der Waals surface area contributed by atoms with E-state index in [4.69, 9.17) is 4.74 Å². The summed E-state index contributed by atoms with van der Waals surface area (Å²) in [6.45, 7) is 5.28. The van der Waals surface area contributed by atoms with Gasteiger partial charge < -0.3 is 15.0 Å².